The smallest absolute Gasteiger partial charge is 0.160 e. The summed E-state index contributed by atoms with van der Waals surface area (Å²) < 4.78 is 4.89. The number of rotatable bonds is 6. The summed E-state index contributed by atoms with van der Waals surface area (Å²) >= 11 is 0. The lowest BCUT2D eigenvalue weighted by Gasteiger charge is -2.14. The van der Waals surface area contributed by atoms with Crippen molar-refractivity contribution in [2.24, 2.45) is 0 Å². The molecule has 0 atom stereocenters. The van der Waals surface area contributed by atoms with Gasteiger partial charge in [-0.25, -0.2) is 9.97 Å². The molecule has 0 unspecified atom stereocenters. The van der Waals surface area contributed by atoms with Gasteiger partial charge >= 0.3 is 0 Å². The topological polar surface area (TPSA) is 35.6 Å². The Morgan fingerprint density at radius 1 is 0.317 bits per heavy atom. The lowest BCUT2D eigenvalue weighted by molar-refractivity contribution is 1.18. The van der Waals surface area contributed by atoms with Crippen molar-refractivity contribution in [3.8, 4) is 56.4 Å². The Kier molecular flexibility index (Phi) is 7.82. The molecule has 0 saturated heterocycles. The van der Waals surface area contributed by atoms with E-state index in [1.54, 1.807) is 0 Å². The van der Waals surface area contributed by atoms with Gasteiger partial charge in [0.25, 0.3) is 0 Å². The molecule has 0 aliphatic heterocycles. The normalized spacial score (nSPS) is 11.7. The molecule has 9 aromatic carbocycles. The fraction of sp³-hybridized carbons (Fsp3) is 0. The Labute approximate surface area is 346 Å². The number of para-hydroxylation sites is 3. The second-order valence-corrected chi connectivity index (χ2v) is 15.4. The van der Waals surface area contributed by atoms with E-state index in [4.69, 9.17) is 9.97 Å². The van der Waals surface area contributed by atoms with Gasteiger partial charge in [-0.2, -0.15) is 0 Å². The molecule has 60 heavy (non-hydrogen) atoms. The van der Waals surface area contributed by atoms with E-state index in [1.807, 2.05) is 12.1 Å². The first-order chi connectivity index (χ1) is 29.8. The standard InChI is InChI=1S/C56H36N4/c1-4-15-37(16-5-1)38-27-29-40(30-28-38)56-57-48(39-17-6-2-7-18-39)36-49(58-56)42-31-32-44-41(35-42)19-14-26-50(44)60-52-25-13-11-23-47(52)54-53(60)34-33-46-45-22-10-12-24-51(45)59(55(46)54)43-20-8-3-9-21-43/h1-36H. The van der Waals surface area contributed by atoms with Gasteiger partial charge in [-0.3, -0.25) is 0 Å². The minimum Gasteiger partial charge on any atom is -0.309 e. The molecule has 0 aliphatic carbocycles. The van der Waals surface area contributed by atoms with Crippen LogP contribution in [-0.4, -0.2) is 19.1 Å². The lowest BCUT2D eigenvalue weighted by atomic mass is 10.0. The van der Waals surface area contributed by atoms with Gasteiger partial charge in [-0.1, -0.05) is 170 Å². The van der Waals surface area contributed by atoms with E-state index in [1.165, 1.54) is 54.6 Å². The summed E-state index contributed by atoms with van der Waals surface area (Å²) in [6, 6.07) is 77.9. The Hall–Kier alpha value is -8.08. The number of benzene rings is 9. The molecule has 3 heterocycles. The molecular formula is C56H36N4. The molecule has 0 spiro atoms. The van der Waals surface area contributed by atoms with Crippen LogP contribution >= 0.6 is 0 Å². The molecule has 0 fully saturated rings. The minimum absolute atomic E-state index is 0.698. The van der Waals surface area contributed by atoms with Crippen LogP contribution in [0.4, 0.5) is 0 Å². The maximum atomic E-state index is 5.22. The number of fused-ring (bicyclic) bond motifs is 8. The number of hydrogen-bond donors (Lipinski definition) is 0. The SMILES string of the molecule is c1ccc(-c2ccc(-c3nc(-c4ccccc4)cc(-c4ccc5c(-n6c7ccccc7c7c6ccc6c8ccccc8n(-c8ccccc8)c67)cccc5c4)n3)cc2)cc1. The van der Waals surface area contributed by atoms with Gasteiger partial charge in [0, 0.05) is 49.3 Å². The van der Waals surface area contributed by atoms with Crippen molar-refractivity contribution in [2.45, 2.75) is 0 Å². The van der Waals surface area contributed by atoms with E-state index in [0.717, 1.165) is 50.4 Å². The van der Waals surface area contributed by atoms with E-state index in [0.29, 0.717) is 5.82 Å². The molecule has 0 radical (unpaired) electrons. The number of nitrogens with zero attached hydrogens (tertiary/aromatic N) is 4. The van der Waals surface area contributed by atoms with Gasteiger partial charge in [0.1, 0.15) is 0 Å². The van der Waals surface area contributed by atoms with Crippen molar-refractivity contribution >= 4 is 54.4 Å². The molecule has 0 bridgehead atoms. The molecule has 280 valence electrons. The first-order valence-corrected chi connectivity index (χ1v) is 20.4. The second kappa shape index (κ2) is 13.8. The van der Waals surface area contributed by atoms with Crippen LogP contribution in [0.2, 0.25) is 0 Å². The van der Waals surface area contributed by atoms with Crippen molar-refractivity contribution in [1.29, 1.82) is 0 Å². The zero-order chi connectivity index (χ0) is 39.6. The quantitative estimate of drug-likeness (QED) is 0.169. The van der Waals surface area contributed by atoms with Gasteiger partial charge in [0.2, 0.25) is 0 Å². The monoisotopic (exact) mass is 764 g/mol. The van der Waals surface area contributed by atoms with E-state index in [-0.39, 0.29) is 0 Å². The Balaban J connectivity index is 1.04. The molecule has 12 rings (SSSR count). The van der Waals surface area contributed by atoms with Crippen molar-refractivity contribution in [1.82, 2.24) is 19.1 Å². The summed E-state index contributed by atoms with van der Waals surface area (Å²) in [4.78, 5) is 10.3. The number of aromatic nitrogens is 4. The highest BCUT2D eigenvalue weighted by Crippen LogP contribution is 2.43. The van der Waals surface area contributed by atoms with E-state index < -0.39 is 0 Å². The Morgan fingerprint density at radius 3 is 1.63 bits per heavy atom. The predicted octanol–water partition coefficient (Wildman–Crippen LogP) is 14.5. The molecule has 0 saturated carbocycles. The van der Waals surface area contributed by atoms with Crippen molar-refractivity contribution in [3.63, 3.8) is 0 Å². The molecule has 0 amide bonds. The van der Waals surface area contributed by atoms with Gasteiger partial charge in [0.15, 0.2) is 5.82 Å². The van der Waals surface area contributed by atoms with Crippen LogP contribution < -0.4 is 0 Å². The summed E-state index contributed by atoms with van der Waals surface area (Å²) in [7, 11) is 0. The first-order valence-electron chi connectivity index (χ1n) is 20.4. The van der Waals surface area contributed by atoms with Gasteiger partial charge in [-0.15, -0.1) is 0 Å². The van der Waals surface area contributed by atoms with E-state index >= 15 is 0 Å². The molecule has 12 aromatic rings. The lowest BCUT2D eigenvalue weighted by Crippen LogP contribution is -1.97. The van der Waals surface area contributed by atoms with Crippen LogP contribution in [-0.2, 0) is 0 Å². The third-order valence-corrected chi connectivity index (χ3v) is 11.9. The van der Waals surface area contributed by atoms with Crippen LogP contribution in [0.25, 0.3) is 111 Å². The average Bonchev–Trinajstić information content (AvgIpc) is 3.85. The van der Waals surface area contributed by atoms with Gasteiger partial charge in [0.05, 0.1) is 39.1 Å². The third kappa shape index (κ3) is 5.46. The molecular weight excluding hydrogens is 729 g/mol. The van der Waals surface area contributed by atoms with E-state index in [9.17, 15) is 0 Å². The van der Waals surface area contributed by atoms with Crippen LogP contribution in [0.15, 0.2) is 218 Å². The molecule has 3 aromatic heterocycles. The van der Waals surface area contributed by atoms with Crippen molar-refractivity contribution in [3.05, 3.63) is 218 Å². The first kappa shape index (κ1) is 34.0. The predicted molar refractivity (Wildman–Crippen MR) is 250 cm³/mol. The summed E-state index contributed by atoms with van der Waals surface area (Å²) in [5.41, 5.74) is 14.2. The summed E-state index contributed by atoms with van der Waals surface area (Å²) in [6.07, 6.45) is 0. The largest absolute Gasteiger partial charge is 0.309 e. The maximum Gasteiger partial charge on any atom is 0.160 e. The zero-order valence-electron chi connectivity index (χ0n) is 32.6. The summed E-state index contributed by atoms with van der Waals surface area (Å²) in [5, 5.41) is 7.28. The number of hydrogen-bond acceptors (Lipinski definition) is 2. The van der Waals surface area contributed by atoms with Crippen LogP contribution in [0.5, 0.6) is 0 Å². The molecule has 0 aliphatic rings. The average molecular weight is 765 g/mol. The Morgan fingerprint density at radius 2 is 0.883 bits per heavy atom. The second-order valence-electron chi connectivity index (χ2n) is 15.4. The zero-order valence-corrected chi connectivity index (χ0v) is 32.6. The molecule has 4 heteroatoms. The van der Waals surface area contributed by atoms with E-state index in [2.05, 4.69) is 215 Å². The highest BCUT2D eigenvalue weighted by atomic mass is 15.0. The van der Waals surface area contributed by atoms with Crippen molar-refractivity contribution < 1.29 is 0 Å². The van der Waals surface area contributed by atoms with Crippen LogP contribution in [0.1, 0.15) is 0 Å². The molecule has 0 N–H and O–H groups in total. The summed E-state index contributed by atoms with van der Waals surface area (Å²) in [6.45, 7) is 0. The minimum atomic E-state index is 0.698. The van der Waals surface area contributed by atoms with Crippen LogP contribution in [0, 0.1) is 0 Å². The maximum absolute atomic E-state index is 5.22. The fourth-order valence-electron chi connectivity index (χ4n) is 9.16. The fourth-order valence-corrected chi connectivity index (χ4v) is 9.16. The van der Waals surface area contributed by atoms with Crippen LogP contribution in [0.3, 0.4) is 0 Å². The third-order valence-electron chi connectivity index (χ3n) is 11.9. The van der Waals surface area contributed by atoms with Gasteiger partial charge < -0.3 is 9.13 Å². The Bertz CT molecular complexity index is 3570. The molecule has 4 nitrogen and oxygen atoms in total. The summed E-state index contributed by atoms with van der Waals surface area (Å²) in [5.74, 6) is 0.698. The van der Waals surface area contributed by atoms with Gasteiger partial charge in [-0.05, 0) is 65.0 Å². The highest BCUT2D eigenvalue weighted by molar-refractivity contribution is 6.26. The van der Waals surface area contributed by atoms with Crippen molar-refractivity contribution in [2.75, 3.05) is 0 Å². The highest BCUT2D eigenvalue weighted by Gasteiger charge is 2.21.